The highest BCUT2D eigenvalue weighted by atomic mass is 127. The molecule has 0 aliphatic heterocycles. The summed E-state index contributed by atoms with van der Waals surface area (Å²) in [6, 6.07) is 5.84. The molecule has 0 spiro atoms. The van der Waals surface area contributed by atoms with E-state index in [1.807, 2.05) is 25.2 Å². The Balaban J connectivity index is 0.00000729. The summed E-state index contributed by atoms with van der Waals surface area (Å²) in [5.74, 6) is 0.734. The highest BCUT2D eigenvalue weighted by Gasteiger charge is 2.09. The van der Waals surface area contributed by atoms with E-state index in [2.05, 4.69) is 27.5 Å². The highest BCUT2D eigenvalue weighted by Crippen LogP contribution is 2.06. The number of unbranched alkanes of at least 4 members (excludes halogenated alkanes) is 6. The van der Waals surface area contributed by atoms with Crippen LogP contribution in [-0.2, 0) is 11.2 Å². The Morgan fingerprint density at radius 2 is 1.82 bits per heavy atom. The Hall–Kier alpha value is -1.38. The molecule has 1 rings (SSSR count). The first-order valence-corrected chi connectivity index (χ1v) is 10.3. The molecule has 160 valence electrons. The zero-order valence-corrected chi connectivity index (χ0v) is 20.1. The van der Waals surface area contributed by atoms with Crippen LogP contribution in [0.2, 0.25) is 0 Å². The number of pyridine rings is 1. The van der Waals surface area contributed by atoms with E-state index in [4.69, 9.17) is 0 Å². The number of nitrogens with one attached hydrogen (secondary N) is 2. The van der Waals surface area contributed by atoms with Crippen molar-refractivity contribution in [1.82, 2.24) is 20.5 Å². The van der Waals surface area contributed by atoms with Crippen LogP contribution in [-0.4, -0.2) is 55.5 Å². The molecule has 1 amide bonds. The average molecular weight is 503 g/mol. The van der Waals surface area contributed by atoms with Crippen molar-refractivity contribution in [2.45, 2.75) is 58.3 Å². The summed E-state index contributed by atoms with van der Waals surface area (Å²) in [5, 5.41) is 6.38. The number of rotatable bonds is 13. The van der Waals surface area contributed by atoms with E-state index in [0.717, 1.165) is 25.1 Å². The monoisotopic (exact) mass is 503 g/mol. The van der Waals surface area contributed by atoms with Gasteiger partial charge in [-0.3, -0.25) is 14.8 Å². The first-order valence-electron chi connectivity index (χ1n) is 10.3. The van der Waals surface area contributed by atoms with E-state index in [1.165, 1.54) is 38.5 Å². The van der Waals surface area contributed by atoms with Gasteiger partial charge in [0.15, 0.2) is 5.96 Å². The van der Waals surface area contributed by atoms with E-state index in [0.29, 0.717) is 12.5 Å². The quantitative estimate of drug-likeness (QED) is 0.187. The molecule has 0 aliphatic rings. The minimum atomic E-state index is 0. The van der Waals surface area contributed by atoms with Gasteiger partial charge in [-0.25, -0.2) is 0 Å². The number of carbonyl (C=O) groups is 1. The van der Waals surface area contributed by atoms with Crippen LogP contribution in [0.5, 0.6) is 0 Å². The molecule has 0 saturated carbocycles. The molecule has 1 heterocycles. The van der Waals surface area contributed by atoms with Gasteiger partial charge in [0.05, 0.1) is 6.54 Å². The van der Waals surface area contributed by atoms with Crippen LogP contribution in [0, 0.1) is 0 Å². The predicted molar refractivity (Wildman–Crippen MR) is 128 cm³/mol. The van der Waals surface area contributed by atoms with Crippen LogP contribution in [0.3, 0.4) is 0 Å². The van der Waals surface area contributed by atoms with Gasteiger partial charge in [0, 0.05) is 45.5 Å². The second-order valence-corrected chi connectivity index (χ2v) is 6.86. The number of likely N-dealkylation sites (N-methyl/N-ethyl adjacent to an activating group) is 1. The molecule has 0 radical (unpaired) electrons. The minimum Gasteiger partial charge on any atom is -0.356 e. The lowest BCUT2D eigenvalue weighted by Gasteiger charge is -2.18. The van der Waals surface area contributed by atoms with Gasteiger partial charge in [0.2, 0.25) is 5.91 Å². The number of halogens is 1. The number of amides is 1. The number of carbonyl (C=O) groups excluding carboxylic acids is 1. The molecule has 2 N–H and O–H groups in total. The fourth-order valence-corrected chi connectivity index (χ4v) is 2.76. The summed E-state index contributed by atoms with van der Waals surface area (Å²) in [5.41, 5.74) is 0.997. The molecule has 6 nitrogen and oxygen atoms in total. The Kier molecular flexibility index (Phi) is 16.8. The van der Waals surface area contributed by atoms with Crippen LogP contribution < -0.4 is 10.6 Å². The maximum atomic E-state index is 12.2. The Morgan fingerprint density at radius 1 is 1.11 bits per heavy atom. The summed E-state index contributed by atoms with van der Waals surface area (Å²) in [4.78, 5) is 22.4. The molecule has 1 aromatic heterocycles. The van der Waals surface area contributed by atoms with Crippen molar-refractivity contribution in [3.05, 3.63) is 30.1 Å². The highest BCUT2D eigenvalue weighted by molar-refractivity contribution is 14.0. The van der Waals surface area contributed by atoms with Gasteiger partial charge < -0.3 is 15.5 Å². The summed E-state index contributed by atoms with van der Waals surface area (Å²) in [7, 11) is 3.55. The summed E-state index contributed by atoms with van der Waals surface area (Å²) < 4.78 is 0. The standard InChI is InChI=1S/C21H37N5O.HI/c1-4-5-6-7-8-9-11-16-24-21(22-2)25-18-20(27)26(3)17-14-19-13-10-12-15-23-19;/h10,12-13,15H,4-9,11,14,16-18H2,1-3H3,(H2,22,24,25);1H. The topological polar surface area (TPSA) is 69.6 Å². The second kappa shape index (κ2) is 17.7. The first-order chi connectivity index (χ1) is 13.2. The summed E-state index contributed by atoms with van der Waals surface area (Å²) in [6.45, 7) is 4.03. The zero-order valence-electron chi connectivity index (χ0n) is 17.7. The van der Waals surface area contributed by atoms with Gasteiger partial charge in [-0.1, -0.05) is 51.5 Å². The molecule has 28 heavy (non-hydrogen) atoms. The Labute approximate surface area is 188 Å². The van der Waals surface area contributed by atoms with Crippen molar-refractivity contribution in [3.63, 3.8) is 0 Å². The summed E-state index contributed by atoms with van der Waals surface area (Å²) in [6.07, 6.45) is 11.5. The second-order valence-electron chi connectivity index (χ2n) is 6.86. The smallest absolute Gasteiger partial charge is 0.241 e. The van der Waals surface area contributed by atoms with Gasteiger partial charge in [-0.15, -0.1) is 24.0 Å². The molecule has 0 aromatic carbocycles. The molecule has 7 heteroatoms. The van der Waals surface area contributed by atoms with Crippen LogP contribution >= 0.6 is 24.0 Å². The lowest BCUT2D eigenvalue weighted by atomic mass is 10.1. The number of hydrogen-bond acceptors (Lipinski definition) is 3. The fourth-order valence-electron chi connectivity index (χ4n) is 2.76. The van der Waals surface area contributed by atoms with Gasteiger partial charge in [0.1, 0.15) is 0 Å². The normalized spacial score (nSPS) is 10.9. The lowest BCUT2D eigenvalue weighted by molar-refractivity contribution is -0.128. The molecule has 0 aliphatic carbocycles. The molecular weight excluding hydrogens is 465 g/mol. The number of nitrogens with zero attached hydrogens (tertiary/aromatic N) is 3. The molecule has 0 bridgehead atoms. The molecule has 0 unspecified atom stereocenters. The number of aromatic nitrogens is 1. The number of guanidine groups is 1. The van der Waals surface area contributed by atoms with Crippen molar-refractivity contribution >= 4 is 35.8 Å². The number of aliphatic imine (C=N–C) groups is 1. The first kappa shape index (κ1) is 26.6. The van der Waals surface area contributed by atoms with E-state index < -0.39 is 0 Å². The molecule has 0 atom stereocenters. The Bertz CT molecular complexity index is 539. The van der Waals surface area contributed by atoms with E-state index in [1.54, 1.807) is 18.1 Å². The molecule has 0 saturated heterocycles. The van der Waals surface area contributed by atoms with Crippen LogP contribution in [0.1, 0.15) is 57.6 Å². The van der Waals surface area contributed by atoms with Crippen molar-refractivity contribution < 1.29 is 4.79 Å². The lowest BCUT2D eigenvalue weighted by Crippen LogP contribution is -2.44. The van der Waals surface area contributed by atoms with Gasteiger partial charge in [-0.2, -0.15) is 0 Å². The number of hydrogen-bond donors (Lipinski definition) is 2. The maximum absolute atomic E-state index is 12.2. The largest absolute Gasteiger partial charge is 0.356 e. The minimum absolute atomic E-state index is 0. The Morgan fingerprint density at radius 3 is 2.46 bits per heavy atom. The predicted octanol–water partition coefficient (Wildman–Crippen LogP) is 3.62. The van der Waals surface area contributed by atoms with Crippen molar-refractivity contribution in [3.8, 4) is 0 Å². The third-order valence-corrected chi connectivity index (χ3v) is 4.56. The fraction of sp³-hybridized carbons (Fsp3) is 0.667. The molecular formula is C21H38IN5O. The van der Waals surface area contributed by atoms with Crippen molar-refractivity contribution in [2.24, 2.45) is 4.99 Å². The van der Waals surface area contributed by atoms with Crippen LogP contribution in [0.4, 0.5) is 0 Å². The molecule has 0 fully saturated rings. The van der Waals surface area contributed by atoms with Crippen LogP contribution in [0.25, 0.3) is 0 Å². The van der Waals surface area contributed by atoms with E-state index >= 15 is 0 Å². The van der Waals surface area contributed by atoms with Gasteiger partial charge in [-0.05, 0) is 18.6 Å². The zero-order chi connectivity index (χ0) is 19.7. The van der Waals surface area contributed by atoms with E-state index in [9.17, 15) is 4.79 Å². The summed E-state index contributed by atoms with van der Waals surface area (Å²) >= 11 is 0. The maximum Gasteiger partial charge on any atom is 0.241 e. The van der Waals surface area contributed by atoms with Crippen molar-refractivity contribution in [1.29, 1.82) is 0 Å². The van der Waals surface area contributed by atoms with E-state index in [-0.39, 0.29) is 36.4 Å². The van der Waals surface area contributed by atoms with Gasteiger partial charge in [0.25, 0.3) is 0 Å². The van der Waals surface area contributed by atoms with Crippen LogP contribution in [0.15, 0.2) is 29.4 Å². The van der Waals surface area contributed by atoms with Gasteiger partial charge >= 0.3 is 0 Å². The van der Waals surface area contributed by atoms with Crippen molar-refractivity contribution in [2.75, 3.05) is 33.7 Å². The SMILES string of the molecule is CCCCCCCCCNC(=NC)NCC(=O)N(C)CCc1ccccn1.I. The third-order valence-electron chi connectivity index (χ3n) is 4.56. The molecule has 1 aromatic rings. The average Bonchev–Trinajstić information content (AvgIpc) is 2.70. The third kappa shape index (κ3) is 12.9.